The molecule has 0 saturated carbocycles. The third-order valence-corrected chi connectivity index (χ3v) is 3.30. The first kappa shape index (κ1) is 13.9. The first-order valence-electron chi connectivity index (χ1n) is 5.40. The van der Waals surface area contributed by atoms with E-state index >= 15 is 0 Å². The number of hydrogen-bond donors (Lipinski definition) is 1. The average molecular weight is 346 g/mol. The SMILES string of the molecule is Cc1cc([N+](=O)[O-])c(Cl)cc1NCc1ccc(Br)o1. The van der Waals surface area contributed by atoms with Gasteiger partial charge in [0.25, 0.3) is 5.69 Å². The standard InChI is InChI=1S/C12H10BrClN2O3/c1-7-4-11(16(17)18)9(14)5-10(7)15-6-8-2-3-12(13)19-8/h2-5,15H,6H2,1H3. The molecule has 0 bridgehead atoms. The van der Waals surface area contributed by atoms with Gasteiger partial charge < -0.3 is 9.73 Å². The number of halogens is 2. The van der Waals surface area contributed by atoms with Crippen LogP contribution in [0.3, 0.4) is 0 Å². The van der Waals surface area contributed by atoms with E-state index in [9.17, 15) is 10.1 Å². The van der Waals surface area contributed by atoms with Crippen LogP contribution in [0.1, 0.15) is 11.3 Å². The number of furan rings is 1. The minimum atomic E-state index is -0.497. The van der Waals surface area contributed by atoms with E-state index in [1.807, 2.05) is 6.07 Å². The Morgan fingerprint density at radius 2 is 2.21 bits per heavy atom. The summed E-state index contributed by atoms with van der Waals surface area (Å²) in [7, 11) is 0. The number of benzene rings is 1. The molecule has 0 aliphatic heterocycles. The quantitative estimate of drug-likeness (QED) is 0.653. The van der Waals surface area contributed by atoms with Crippen molar-refractivity contribution in [2.75, 3.05) is 5.32 Å². The van der Waals surface area contributed by atoms with Crippen molar-refractivity contribution < 1.29 is 9.34 Å². The van der Waals surface area contributed by atoms with Gasteiger partial charge in [0.05, 0.1) is 11.5 Å². The number of nitro benzene ring substituents is 1. The van der Waals surface area contributed by atoms with Crippen LogP contribution in [0.15, 0.2) is 33.4 Å². The van der Waals surface area contributed by atoms with Crippen LogP contribution in [0.25, 0.3) is 0 Å². The molecule has 0 amide bonds. The lowest BCUT2D eigenvalue weighted by Gasteiger charge is -2.09. The van der Waals surface area contributed by atoms with Gasteiger partial charge in [-0.1, -0.05) is 11.6 Å². The molecule has 2 aromatic rings. The van der Waals surface area contributed by atoms with Crippen molar-refractivity contribution in [3.63, 3.8) is 0 Å². The third kappa shape index (κ3) is 3.27. The highest BCUT2D eigenvalue weighted by Crippen LogP contribution is 2.30. The molecule has 1 aromatic carbocycles. The Labute approximate surface area is 122 Å². The molecule has 1 N–H and O–H groups in total. The highest BCUT2D eigenvalue weighted by molar-refractivity contribution is 9.10. The molecule has 0 spiro atoms. The van der Waals surface area contributed by atoms with Gasteiger partial charge >= 0.3 is 0 Å². The van der Waals surface area contributed by atoms with Crippen molar-refractivity contribution in [2.24, 2.45) is 0 Å². The van der Waals surface area contributed by atoms with Crippen LogP contribution in [0.4, 0.5) is 11.4 Å². The normalized spacial score (nSPS) is 10.5. The molecule has 7 heteroatoms. The van der Waals surface area contributed by atoms with Crippen LogP contribution in [0, 0.1) is 17.0 Å². The predicted octanol–water partition coefficient (Wildman–Crippen LogP) is 4.52. The van der Waals surface area contributed by atoms with E-state index < -0.39 is 4.92 Å². The molecule has 0 radical (unpaired) electrons. The van der Waals surface area contributed by atoms with Gasteiger partial charge in [0.15, 0.2) is 4.67 Å². The van der Waals surface area contributed by atoms with Crippen molar-refractivity contribution >= 4 is 38.9 Å². The lowest BCUT2D eigenvalue weighted by molar-refractivity contribution is -0.384. The van der Waals surface area contributed by atoms with E-state index in [2.05, 4.69) is 21.2 Å². The van der Waals surface area contributed by atoms with Crippen molar-refractivity contribution in [2.45, 2.75) is 13.5 Å². The number of aryl methyl sites for hydroxylation is 1. The van der Waals surface area contributed by atoms with Gasteiger partial charge in [0, 0.05) is 11.8 Å². The fourth-order valence-electron chi connectivity index (χ4n) is 1.63. The second-order valence-electron chi connectivity index (χ2n) is 3.94. The third-order valence-electron chi connectivity index (χ3n) is 2.57. The Morgan fingerprint density at radius 3 is 2.79 bits per heavy atom. The van der Waals surface area contributed by atoms with E-state index in [1.165, 1.54) is 6.07 Å². The van der Waals surface area contributed by atoms with E-state index in [0.29, 0.717) is 11.2 Å². The van der Waals surface area contributed by atoms with Crippen molar-refractivity contribution in [1.82, 2.24) is 0 Å². The highest BCUT2D eigenvalue weighted by atomic mass is 79.9. The molecule has 0 unspecified atom stereocenters. The summed E-state index contributed by atoms with van der Waals surface area (Å²) in [5.41, 5.74) is 1.40. The van der Waals surface area contributed by atoms with Gasteiger partial charge in [-0.15, -0.1) is 0 Å². The van der Waals surface area contributed by atoms with E-state index in [1.54, 1.807) is 19.1 Å². The molecular formula is C12H10BrClN2O3. The summed E-state index contributed by atoms with van der Waals surface area (Å²) in [6, 6.07) is 6.63. The summed E-state index contributed by atoms with van der Waals surface area (Å²) in [5, 5.41) is 14.0. The Balaban J connectivity index is 2.17. The number of nitrogens with zero attached hydrogens (tertiary/aromatic N) is 1. The first-order valence-corrected chi connectivity index (χ1v) is 6.57. The van der Waals surface area contributed by atoms with Gasteiger partial charge in [0.1, 0.15) is 10.8 Å². The molecule has 0 aliphatic rings. The second-order valence-corrected chi connectivity index (χ2v) is 5.12. The van der Waals surface area contributed by atoms with E-state index in [-0.39, 0.29) is 10.7 Å². The number of nitrogens with one attached hydrogen (secondary N) is 1. The van der Waals surface area contributed by atoms with Crippen LogP contribution in [0.2, 0.25) is 5.02 Å². The van der Waals surface area contributed by atoms with Gasteiger partial charge in [0.2, 0.25) is 0 Å². The Hall–Kier alpha value is -1.53. The summed E-state index contributed by atoms with van der Waals surface area (Å²) in [4.78, 5) is 10.3. The maximum Gasteiger partial charge on any atom is 0.288 e. The molecule has 0 aliphatic carbocycles. The zero-order valence-corrected chi connectivity index (χ0v) is 12.3. The van der Waals surface area contributed by atoms with Crippen LogP contribution < -0.4 is 5.32 Å². The lowest BCUT2D eigenvalue weighted by atomic mass is 10.1. The Kier molecular flexibility index (Phi) is 4.11. The number of rotatable bonds is 4. The summed E-state index contributed by atoms with van der Waals surface area (Å²) < 4.78 is 6.01. The molecule has 1 heterocycles. The van der Waals surface area contributed by atoms with Crippen LogP contribution >= 0.6 is 27.5 Å². The summed E-state index contributed by atoms with van der Waals surface area (Å²) in [5.74, 6) is 0.751. The number of anilines is 1. The Bertz CT molecular complexity index is 627. The van der Waals surface area contributed by atoms with Crippen LogP contribution in [-0.2, 0) is 6.54 Å². The zero-order valence-electron chi connectivity index (χ0n) is 9.94. The topological polar surface area (TPSA) is 68.3 Å². The summed E-state index contributed by atoms with van der Waals surface area (Å²) in [6.07, 6.45) is 0. The molecule has 100 valence electrons. The monoisotopic (exact) mass is 344 g/mol. The largest absolute Gasteiger partial charge is 0.452 e. The molecule has 1 aromatic heterocycles. The smallest absolute Gasteiger partial charge is 0.288 e. The van der Waals surface area contributed by atoms with Crippen molar-refractivity contribution in [1.29, 1.82) is 0 Å². The van der Waals surface area contributed by atoms with E-state index in [0.717, 1.165) is 17.0 Å². The van der Waals surface area contributed by atoms with Gasteiger partial charge in [-0.3, -0.25) is 10.1 Å². The van der Waals surface area contributed by atoms with Gasteiger partial charge in [-0.2, -0.15) is 0 Å². The number of hydrogen-bond acceptors (Lipinski definition) is 4. The Morgan fingerprint density at radius 1 is 1.47 bits per heavy atom. The van der Waals surface area contributed by atoms with Crippen LogP contribution in [-0.4, -0.2) is 4.92 Å². The molecular weight excluding hydrogens is 336 g/mol. The summed E-state index contributed by atoms with van der Waals surface area (Å²) in [6.45, 7) is 2.25. The fraction of sp³-hybridized carbons (Fsp3) is 0.167. The lowest BCUT2D eigenvalue weighted by Crippen LogP contribution is -2.01. The van der Waals surface area contributed by atoms with Crippen LogP contribution in [0.5, 0.6) is 0 Å². The van der Waals surface area contributed by atoms with Crippen molar-refractivity contribution in [3.05, 3.63) is 55.4 Å². The minimum absolute atomic E-state index is 0.0922. The molecule has 0 atom stereocenters. The second kappa shape index (κ2) is 5.63. The highest BCUT2D eigenvalue weighted by Gasteiger charge is 2.15. The van der Waals surface area contributed by atoms with Gasteiger partial charge in [-0.25, -0.2) is 0 Å². The molecule has 5 nitrogen and oxygen atoms in total. The fourth-order valence-corrected chi connectivity index (χ4v) is 2.20. The van der Waals surface area contributed by atoms with Crippen molar-refractivity contribution in [3.8, 4) is 0 Å². The molecule has 19 heavy (non-hydrogen) atoms. The first-order chi connectivity index (χ1) is 8.97. The van der Waals surface area contributed by atoms with E-state index in [4.69, 9.17) is 16.0 Å². The minimum Gasteiger partial charge on any atom is -0.452 e. The number of nitro groups is 1. The van der Waals surface area contributed by atoms with Gasteiger partial charge in [-0.05, 0) is 46.6 Å². The average Bonchev–Trinajstić information content (AvgIpc) is 2.75. The molecule has 0 saturated heterocycles. The maximum atomic E-state index is 10.7. The molecule has 2 rings (SSSR count). The predicted molar refractivity (Wildman–Crippen MR) is 76.6 cm³/mol. The maximum absolute atomic E-state index is 10.7. The zero-order chi connectivity index (χ0) is 14.0. The summed E-state index contributed by atoms with van der Waals surface area (Å²) >= 11 is 9.09. The molecule has 0 fully saturated rings.